The number of rotatable bonds is 2. The second-order valence-corrected chi connectivity index (χ2v) is 6.34. The number of hydrogen-bond acceptors (Lipinski definition) is 5. The predicted molar refractivity (Wildman–Crippen MR) is 83.2 cm³/mol. The minimum Gasteiger partial charge on any atom is -0.444 e. The van der Waals surface area contributed by atoms with Crippen molar-refractivity contribution in [2.45, 2.75) is 26.4 Å². The molecule has 0 radical (unpaired) electrons. The molecule has 1 fully saturated rings. The van der Waals surface area contributed by atoms with Gasteiger partial charge in [0.15, 0.2) is 0 Å². The minimum atomic E-state index is -1.01. The SMILES string of the molecule is CC(C)(C)OC(=O)N1CCN(c2ccc([N+](=O)[O-])c(F)c2)C(=O)C1. The molecule has 0 aromatic heterocycles. The Morgan fingerprint density at radius 3 is 2.50 bits per heavy atom. The van der Waals surface area contributed by atoms with Crippen LogP contribution in [0.1, 0.15) is 20.8 Å². The summed E-state index contributed by atoms with van der Waals surface area (Å²) in [4.78, 5) is 36.6. The Labute approximate surface area is 137 Å². The molecule has 1 saturated heterocycles. The first-order valence-corrected chi connectivity index (χ1v) is 7.31. The smallest absolute Gasteiger partial charge is 0.410 e. The van der Waals surface area contributed by atoms with Gasteiger partial charge < -0.3 is 9.64 Å². The van der Waals surface area contributed by atoms with Crippen LogP contribution in [-0.2, 0) is 9.53 Å². The average Bonchev–Trinajstić information content (AvgIpc) is 2.44. The number of nitrogens with zero attached hydrogens (tertiary/aromatic N) is 3. The van der Waals surface area contributed by atoms with Gasteiger partial charge in [0.25, 0.3) is 0 Å². The number of anilines is 1. The molecule has 2 amide bonds. The van der Waals surface area contributed by atoms with Gasteiger partial charge in [0.1, 0.15) is 12.1 Å². The van der Waals surface area contributed by atoms with E-state index in [-0.39, 0.29) is 25.3 Å². The first kappa shape index (κ1) is 17.6. The van der Waals surface area contributed by atoms with E-state index >= 15 is 0 Å². The zero-order chi connectivity index (χ0) is 18.1. The number of piperazine rings is 1. The molecule has 130 valence electrons. The highest BCUT2D eigenvalue weighted by Gasteiger charge is 2.31. The van der Waals surface area contributed by atoms with E-state index in [2.05, 4.69) is 0 Å². The molecule has 24 heavy (non-hydrogen) atoms. The summed E-state index contributed by atoms with van der Waals surface area (Å²) >= 11 is 0. The van der Waals surface area contributed by atoms with E-state index in [9.17, 15) is 24.1 Å². The molecule has 0 spiro atoms. The Bertz CT molecular complexity index is 686. The number of benzene rings is 1. The van der Waals surface area contributed by atoms with Gasteiger partial charge in [0.2, 0.25) is 11.7 Å². The molecule has 0 saturated carbocycles. The minimum absolute atomic E-state index is 0.148. The van der Waals surface area contributed by atoms with E-state index in [0.717, 1.165) is 12.1 Å². The van der Waals surface area contributed by atoms with E-state index in [1.807, 2.05) is 0 Å². The van der Waals surface area contributed by atoms with Crippen LogP contribution in [0.15, 0.2) is 18.2 Å². The maximum absolute atomic E-state index is 13.7. The van der Waals surface area contributed by atoms with Crippen LogP contribution in [0.3, 0.4) is 0 Å². The van der Waals surface area contributed by atoms with Gasteiger partial charge in [-0.1, -0.05) is 0 Å². The van der Waals surface area contributed by atoms with Crippen molar-refractivity contribution >= 4 is 23.4 Å². The summed E-state index contributed by atoms with van der Waals surface area (Å²) in [5, 5.41) is 10.6. The summed E-state index contributed by atoms with van der Waals surface area (Å²) in [7, 11) is 0. The van der Waals surface area contributed by atoms with Gasteiger partial charge in [-0.25, -0.2) is 4.79 Å². The van der Waals surface area contributed by atoms with Crippen LogP contribution < -0.4 is 4.90 Å². The zero-order valence-corrected chi connectivity index (χ0v) is 13.6. The fraction of sp³-hybridized carbons (Fsp3) is 0.467. The van der Waals surface area contributed by atoms with Crippen LogP contribution in [0.4, 0.5) is 20.6 Å². The van der Waals surface area contributed by atoms with Crippen LogP contribution >= 0.6 is 0 Å². The largest absolute Gasteiger partial charge is 0.444 e. The molecule has 8 nitrogen and oxygen atoms in total. The molecule has 9 heteroatoms. The quantitative estimate of drug-likeness (QED) is 0.609. The van der Waals surface area contributed by atoms with Gasteiger partial charge in [-0.15, -0.1) is 0 Å². The summed E-state index contributed by atoms with van der Waals surface area (Å²) in [5.41, 5.74) is -1.11. The fourth-order valence-corrected chi connectivity index (χ4v) is 2.24. The van der Waals surface area contributed by atoms with Crippen molar-refractivity contribution in [1.29, 1.82) is 0 Å². The van der Waals surface area contributed by atoms with Crippen molar-refractivity contribution < 1.29 is 23.6 Å². The van der Waals surface area contributed by atoms with E-state index in [4.69, 9.17) is 4.74 Å². The lowest BCUT2D eigenvalue weighted by Crippen LogP contribution is -2.53. The Morgan fingerprint density at radius 1 is 1.33 bits per heavy atom. The third-order valence-electron chi connectivity index (χ3n) is 3.31. The lowest BCUT2D eigenvalue weighted by Gasteiger charge is -2.35. The molecular weight excluding hydrogens is 321 g/mol. The van der Waals surface area contributed by atoms with Crippen LogP contribution in [-0.4, -0.2) is 47.1 Å². The number of hydrogen-bond donors (Lipinski definition) is 0. The highest BCUT2D eigenvalue weighted by Crippen LogP contribution is 2.25. The summed E-state index contributed by atoms with van der Waals surface area (Å²) in [6.07, 6.45) is -0.592. The van der Waals surface area contributed by atoms with Crippen LogP contribution in [0.25, 0.3) is 0 Å². The van der Waals surface area contributed by atoms with Crippen LogP contribution in [0.5, 0.6) is 0 Å². The lowest BCUT2D eigenvalue weighted by atomic mass is 10.2. The molecule has 0 N–H and O–H groups in total. The van der Waals surface area contributed by atoms with Gasteiger partial charge in [0, 0.05) is 30.9 Å². The summed E-state index contributed by atoms with van der Waals surface area (Å²) in [6.45, 7) is 5.34. The third-order valence-corrected chi connectivity index (χ3v) is 3.31. The third kappa shape index (κ3) is 3.98. The van der Waals surface area contributed by atoms with E-state index in [0.29, 0.717) is 0 Å². The topological polar surface area (TPSA) is 93.0 Å². The molecule has 0 aliphatic carbocycles. The molecule has 1 aliphatic rings. The maximum Gasteiger partial charge on any atom is 0.410 e. The van der Waals surface area contributed by atoms with Crippen molar-refractivity contribution in [3.05, 3.63) is 34.1 Å². The van der Waals surface area contributed by atoms with E-state index in [1.54, 1.807) is 20.8 Å². The van der Waals surface area contributed by atoms with Crippen LogP contribution in [0.2, 0.25) is 0 Å². The first-order chi connectivity index (χ1) is 11.1. The summed E-state index contributed by atoms with van der Waals surface area (Å²) < 4.78 is 18.9. The Kier molecular flexibility index (Phi) is 4.72. The summed E-state index contributed by atoms with van der Waals surface area (Å²) in [6, 6.07) is 3.26. The number of carbonyl (C=O) groups is 2. The molecular formula is C15H18FN3O5. The number of ether oxygens (including phenoxy) is 1. The average molecular weight is 339 g/mol. The van der Waals surface area contributed by atoms with E-state index < -0.39 is 34.0 Å². The monoisotopic (exact) mass is 339 g/mol. The van der Waals surface area contributed by atoms with Crippen molar-refractivity contribution in [3.63, 3.8) is 0 Å². The maximum atomic E-state index is 13.7. The molecule has 1 aliphatic heterocycles. The van der Waals surface area contributed by atoms with Gasteiger partial charge >= 0.3 is 11.8 Å². The predicted octanol–water partition coefficient (Wildman–Crippen LogP) is 2.32. The normalized spacial score (nSPS) is 15.4. The van der Waals surface area contributed by atoms with E-state index in [1.165, 1.54) is 15.9 Å². The van der Waals surface area contributed by atoms with Crippen molar-refractivity contribution in [3.8, 4) is 0 Å². The number of halogens is 1. The number of nitro benzene ring substituents is 1. The van der Waals surface area contributed by atoms with Crippen molar-refractivity contribution in [2.75, 3.05) is 24.5 Å². The number of nitro groups is 1. The summed E-state index contributed by atoms with van der Waals surface area (Å²) in [5.74, 6) is -1.43. The van der Waals surface area contributed by atoms with Gasteiger partial charge in [-0.2, -0.15) is 4.39 Å². The standard InChI is InChI=1S/C15H18FN3O5/c1-15(2,3)24-14(21)17-6-7-18(13(20)9-17)10-4-5-12(19(22)23)11(16)8-10/h4-5,8H,6-7,9H2,1-3H3. The Balaban J connectivity index is 2.09. The highest BCUT2D eigenvalue weighted by atomic mass is 19.1. The molecule has 1 aromatic rings. The van der Waals surface area contributed by atoms with Gasteiger partial charge in [-0.05, 0) is 26.8 Å². The number of carbonyl (C=O) groups excluding carboxylic acids is 2. The molecule has 0 bridgehead atoms. The first-order valence-electron chi connectivity index (χ1n) is 7.31. The molecule has 1 heterocycles. The molecule has 0 unspecified atom stereocenters. The number of amides is 2. The van der Waals surface area contributed by atoms with Crippen LogP contribution in [0, 0.1) is 15.9 Å². The Morgan fingerprint density at radius 2 is 2.00 bits per heavy atom. The second kappa shape index (κ2) is 6.42. The lowest BCUT2D eigenvalue weighted by molar-refractivity contribution is -0.387. The van der Waals surface area contributed by atoms with Crippen molar-refractivity contribution in [1.82, 2.24) is 4.90 Å². The molecule has 0 atom stereocenters. The fourth-order valence-electron chi connectivity index (χ4n) is 2.24. The second-order valence-electron chi connectivity index (χ2n) is 6.34. The molecule has 1 aromatic carbocycles. The van der Waals surface area contributed by atoms with Crippen molar-refractivity contribution in [2.24, 2.45) is 0 Å². The van der Waals surface area contributed by atoms with Gasteiger partial charge in [-0.3, -0.25) is 19.8 Å². The zero-order valence-electron chi connectivity index (χ0n) is 13.6. The Hall–Kier alpha value is -2.71. The molecule has 2 rings (SSSR count). The van der Waals surface area contributed by atoms with Gasteiger partial charge in [0.05, 0.1) is 4.92 Å². The highest BCUT2D eigenvalue weighted by molar-refractivity contribution is 5.97.